The molecule has 0 radical (unpaired) electrons. The van der Waals surface area contributed by atoms with Crippen LogP contribution in [-0.4, -0.2) is 62.9 Å². The van der Waals surface area contributed by atoms with E-state index >= 15 is 0 Å². The largest absolute Gasteiger partial charge is 0.392 e. The molecule has 9 atom stereocenters. The molecule has 6 fully saturated rings. The van der Waals surface area contributed by atoms with Gasteiger partial charge in [0.1, 0.15) is 12.3 Å². The molecule has 1 heterocycles. The Morgan fingerprint density at radius 1 is 1.05 bits per heavy atom. The van der Waals surface area contributed by atoms with Crippen molar-refractivity contribution in [3.8, 4) is 0 Å². The number of nitrogens with zero attached hydrogens (tertiary/aromatic N) is 1. The van der Waals surface area contributed by atoms with Crippen LogP contribution in [0, 0.1) is 40.4 Å². The molecule has 3 N–H and O–H groups in total. The molecule has 3 amide bonds. The summed E-state index contributed by atoms with van der Waals surface area (Å²) in [6.07, 6.45) is 5.17. The Hall–Kier alpha value is -1.80. The first-order valence-corrected chi connectivity index (χ1v) is 14.3. The number of imide groups is 1. The van der Waals surface area contributed by atoms with E-state index in [9.17, 15) is 29.4 Å². The Morgan fingerprint density at radius 2 is 1.73 bits per heavy atom. The molecule has 6 aliphatic rings. The van der Waals surface area contributed by atoms with Crippen LogP contribution in [0.1, 0.15) is 91.9 Å². The number of aliphatic hydroxyl groups excluding tert-OH is 1. The summed E-state index contributed by atoms with van der Waals surface area (Å²) in [4.78, 5) is 52.5. The maximum Gasteiger partial charge on any atom is 0.240 e. The molecule has 1 saturated heterocycles. The highest BCUT2D eigenvalue weighted by molar-refractivity contribution is 6.01. The van der Waals surface area contributed by atoms with Crippen molar-refractivity contribution in [3.05, 3.63) is 0 Å². The van der Waals surface area contributed by atoms with E-state index in [1.165, 1.54) is 0 Å². The van der Waals surface area contributed by atoms with Crippen molar-refractivity contribution in [2.75, 3.05) is 6.54 Å². The van der Waals surface area contributed by atoms with Gasteiger partial charge >= 0.3 is 0 Å². The summed E-state index contributed by atoms with van der Waals surface area (Å²) in [7, 11) is 0. The monoisotopic (exact) mass is 516 g/mol. The first-order valence-electron chi connectivity index (χ1n) is 14.3. The van der Waals surface area contributed by atoms with Crippen LogP contribution in [0.5, 0.6) is 0 Å². The van der Waals surface area contributed by atoms with E-state index in [2.05, 4.69) is 26.1 Å². The molecule has 8 heteroatoms. The maximum atomic E-state index is 13.1. The second kappa shape index (κ2) is 9.15. The lowest BCUT2D eigenvalue weighted by Gasteiger charge is -2.66. The normalized spacial score (nSPS) is 44.9. The van der Waals surface area contributed by atoms with Gasteiger partial charge in [-0.15, -0.1) is 0 Å². The van der Waals surface area contributed by atoms with Crippen LogP contribution in [0.4, 0.5) is 0 Å². The number of carbonyl (C=O) groups excluding carboxylic acids is 4. The fraction of sp³-hybridized carbons (Fsp3) is 0.862. The molecule has 8 nitrogen and oxygen atoms in total. The third kappa shape index (κ3) is 5.00. The topological polar surface area (TPSA) is 124 Å². The zero-order chi connectivity index (χ0) is 26.9. The lowest BCUT2D eigenvalue weighted by molar-refractivity contribution is -0.205. The van der Waals surface area contributed by atoms with Gasteiger partial charge in [-0.05, 0) is 80.0 Å². The van der Waals surface area contributed by atoms with E-state index in [1.54, 1.807) is 0 Å². The van der Waals surface area contributed by atoms with E-state index in [0.717, 1.165) is 30.6 Å². The Bertz CT molecular complexity index is 959. The van der Waals surface area contributed by atoms with Crippen molar-refractivity contribution in [2.45, 2.75) is 110 Å². The SMILES string of the molecule is C[C@@H]1CC([C@H](O)CC2CC(=O)N(CC(=O)NC3C4CC5(C)CC(O)(C4)CC3(C)C5)C(=O)C2)C(=O)[C@@H](C)C1. The molecule has 0 spiro atoms. The molecule has 206 valence electrons. The Balaban J connectivity index is 1.16. The van der Waals surface area contributed by atoms with Gasteiger partial charge in [0.15, 0.2) is 0 Å². The Kier molecular flexibility index (Phi) is 6.62. The smallest absolute Gasteiger partial charge is 0.240 e. The minimum atomic E-state index is -0.854. The number of hydrogen-bond donors (Lipinski definition) is 3. The molecule has 37 heavy (non-hydrogen) atoms. The van der Waals surface area contributed by atoms with Gasteiger partial charge in [0.2, 0.25) is 17.7 Å². The number of amides is 3. The van der Waals surface area contributed by atoms with Gasteiger partial charge in [-0.3, -0.25) is 24.1 Å². The quantitative estimate of drug-likeness (QED) is 0.466. The van der Waals surface area contributed by atoms with Gasteiger partial charge in [-0.2, -0.15) is 0 Å². The summed E-state index contributed by atoms with van der Waals surface area (Å²) in [5.74, 6) is -1.30. The third-order valence-electron chi connectivity index (χ3n) is 10.4. The number of aliphatic hydroxyl groups is 2. The van der Waals surface area contributed by atoms with Crippen molar-refractivity contribution in [1.29, 1.82) is 0 Å². The molecule has 6 rings (SSSR count). The van der Waals surface area contributed by atoms with Crippen LogP contribution < -0.4 is 5.32 Å². The lowest BCUT2D eigenvalue weighted by atomic mass is 9.42. The summed E-state index contributed by atoms with van der Waals surface area (Å²) in [6, 6.07) is -0.0654. The molecule has 4 bridgehead atoms. The molecule has 0 aromatic rings. The summed E-state index contributed by atoms with van der Waals surface area (Å²) >= 11 is 0. The molecule has 5 aliphatic carbocycles. The molecular formula is C29H44N2O6. The number of ketones is 1. The highest BCUT2D eigenvalue weighted by Gasteiger charge is 2.64. The first kappa shape index (κ1) is 26.8. The van der Waals surface area contributed by atoms with Gasteiger partial charge in [-0.25, -0.2) is 0 Å². The van der Waals surface area contributed by atoms with Crippen LogP contribution in [0.2, 0.25) is 0 Å². The fourth-order valence-corrected chi connectivity index (χ4v) is 9.72. The Morgan fingerprint density at radius 3 is 2.35 bits per heavy atom. The number of carbonyl (C=O) groups is 4. The van der Waals surface area contributed by atoms with Crippen LogP contribution in [0.25, 0.3) is 0 Å². The zero-order valence-electron chi connectivity index (χ0n) is 22.8. The van der Waals surface area contributed by atoms with Crippen molar-refractivity contribution >= 4 is 23.5 Å². The van der Waals surface area contributed by atoms with Gasteiger partial charge in [-0.1, -0.05) is 27.7 Å². The summed E-state index contributed by atoms with van der Waals surface area (Å²) < 4.78 is 0. The number of rotatable bonds is 6. The second-order valence-corrected chi connectivity index (χ2v) is 14.4. The van der Waals surface area contributed by atoms with Crippen LogP contribution in [-0.2, 0) is 19.2 Å². The zero-order valence-corrected chi connectivity index (χ0v) is 22.8. The molecule has 1 aliphatic heterocycles. The molecular weight excluding hydrogens is 472 g/mol. The number of nitrogens with one attached hydrogen (secondary N) is 1. The van der Waals surface area contributed by atoms with Crippen LogP contribution in [0.3, 0.4) is 0 Å². The maximum absolute atomic E-state index is 13.1. The Labute approximate surface area is 219 Å². The van der Waals surface area contributed by atoms with Crippen LogP contribution in [0.15, 0.2) is 0 Å². The van der Waals surface area contributed by atoms with Gasteiger partial charge in [0, 0.05) is 30.7 Å². The number of piperidine rings is 1. The molecule has 5 saturated carbocycles. The summed E-state index contributed by atoms with van der Waals surface area (Å²) in [5.41, 5.74) is -0.744. The van der Waals surface area contributed by atoms with Gasteiger partial charge in [0.25, 0.3) is 0 Å². The van der Waals surface area contributed by atoms with E-state index in [-0.39, 0.29) is 72.1 Å². The van der Waals surface area contributed by atoms with Gasteiger partial charge < -0.3 is 15.5 Å². The fourth-order valence-electron chi connectivity index (χ4n) is 9.72. The highest BCUT2D eigenvalue weighted by atomic mass is 16.3. The first-order chi connectivity index (χ1) is 17.2. The van der Waals surface area contributed by atoms with Crippen molar-refractivity contribution in [2.24, 2.45) is 40.4 Å². The third-order valence-corrected chi connectivity index (χ3v) is 10.4. The summed E-state index contributed by atoms with van der Waals surface area (Å²) in [6.45, 7) is 8.09. The van der Waals surface area contributed by atoms with E-state index in [4.69, 9.17) is 0 Å². The molecule has 0 aromatic heterocycles. The average molecular weight is 517 g/mol. The van der Waals surface area contributed by atoms with Gasteiger partial charge in [0.05, 0.1) is 11.7 Å². The lowest BCUT2D eigenvalue weighted by Crippen LogP contribution is -2.69. The number of likely N-dealkylation sites (tertiary alicyclic amines) is 1. The van der Waals surface area contributed by atoms with Crippen molar-refractivity contribution < 1.29 is 29.4 Å². The van der Waals surface area contributed by atoms with Crippen molar-refractivity contribution in [1.82, 2.24) is 10.2 Å². The second-order valence-electron chi connectivity index (χ2n) is 14.4. The minimum Gasteiger partial charge on any atom is -0.392 e. The molecule has 0 aromatic carbocycles. The minimum absolute atomic E-state index is 0.0654. The van der Waals surface area contributed by atoms with E-state index in [0.29, 0.717) is 25.2 Å². The standard InChI is InChI=1S/C29H44N2O6/c1-16-5-17(2)25(36)20(6-16)21(32)7-18-8-23(34)31(24(35)9-18)12-22(33)30-26-19-10-27(3)13-28(26,4)15-29(37,11-19)14-27/h16-21,26,32,37H,5-15H2,1-4H3,(H,30,33)/t16-,17-,19?,20?,21+,26?,27?,28?,29?/m0/s1. The summed E-state index contributed by atoms with van der Waals surface area (Å²) in [5, 5.41) is 25.1. The number of hydrogen-bond acceptors (Lipinski definition) is 6. The van der Waals surface area contributed by atoms with E-state index in [1.807, 2.05) is 6.92 Å². The predicted molar refractivity (Wildman–Crippen MR) is 136 cm³/mol. The average Bonchev–Trinajstić information content (AvgIpc) is 2.73. The van der Waals surface area contributed by atoms with Crippen molar-refractivity contribution in [3.63, 3.8) is 0 Å². The number of Topliss-reactive ketones (excluding diaryl/α,β-unsaturated/α-hetero) is 1. The van der Waals surface area contributed by atoms with E-state index < -0.39 is 29.4 Å². The predicted octanol–water partition coefficient (Wildman–Crippen LogP) is 2.59. The van der Waals surface area contributed by atoms with Crippen LogP contribution >= 0.6 is 0 Å². The molecule has 6 unspecified atom stereocenters. The highest BCUT2D eigenvalue weighted by Crippen LogP contribution is 2.66.